The van der Waals surface area contributed by atoms with E-state index in [2.05, 4.69) is 21.2 Å². The van der Waals surface area contributed by atoms with E-state index in [-0.39, 0.29) is 11.7 Å². The van der Waals surface area contributed by atoms with Gasteiger partial charge in [0.15, 0.2) is 0 Å². The molecule has 5 nitrogen and oxygen atoms in total. The monoisotopic (exact) mass is 410 g/mol. The van der Waals surface area contributed by atoms with Crippen molar-refractivity contribution in [2.45, 2.75) is 12.8 Å². The average molecular weight is 411 g/mol. The number of nitrogens with one attached hydrogen (secondary N) is 1. The highest BCUT2D eigenvalue weighted by atomic mass is 18.2. The number of benzene rings is 2. The van der Waals surface area contributed by atoms with Gasteiger partial charge in [-0.05, 0) is 55.3 Å². The summed E-state index contributed by atoms with van der Waals surface area (Å²) >= 11 is 0. The van der Waals surface area contributed by atoms with Crippen molar-refractivity contribution in [1.29, 1.82) is 0 Å². The number of anilines is 1. The predicted molar refractivity (Wildman–Crippen MR) is 119 cm³/mol. The summed E-state index contributed by atoms with van der Waals surface area (Å²) in [4.78, 5) is 16.7. The highest BCUT2D eigenvalue weighted by Crippen LogP contribution is 2.28. The lowest BCUT2D eigenvalue weighted by molar-refractivity contribution is -0.116. The topological polar surface area (TPSA) is 44.8 Å². The molecular formula is C24H30FN3O2. The Morgan fingerprint density at radius 2 is 1.80 bits per heavy atom. The smallest absolute Gasteiger partial charge is 0.243 e. The molecule has 160 valence electrons. The van der Waals surface area contributed by atoms with Crippen molar-refractivity contribution in [1.82, 2.24) is 10.2 Å². The largest absolute Gasteiger partial charge is 0.495 e. The maximum Gasteiger partial charge on any atom is 0.243 e. The van der Waals surface area contributed by atoms with Gasteiger partial charge in [-0.25, -0.2) is 4.39 Å². The zero-order valence-electron chi connectivity index (χ0n) is 17.5. The van der Waals surface area contributed by atoms with Gasteiger partial charge >= 0.3 is 0 Å². The van der Waals surface area contributed by atoms with Gasteiger partial charge in [-0.3, -0.25) is 9.69 Å². The molecule has 0 aromatic heterocycles. The summed E-state index contributed by atoms with van der Waals surface area (Å²) in [6.45, 7) is 5.75. The Hall–Kier alpha value is -2.86. The lowest BCUT2D eigenvalue weighted by Gasteiger charge is -2.36. The van der Waals surface area contributed by atoms with E-state index in [4.69, 9.17) is 4.74 Å². The van der Waals surface area contributed by atoms with Gasteiger partial charge < -0.3 is 15.0 Å². The van der Waals surface area contributed by atoms with Crippen molar-refractivity contribution in [2.24, 2.45) is 0 Å². The Kier molecular flexibility index (Phi) is 8.27. The Morgan fingerprint density at radius 1 is 1.07 bits per heavy atom. The van der Waals surface area contributed by atoms with Crippen LogP contribution in [0.15, 0.2) is 54.6 Å². The first-order valence-electron chi connectivity index (χ1n) is 10.5. The third-order valence-corrected chi connectivity index (χ3v) is 5.30. The molecule has 0 radical (unpaired) electrons. The number of ether oxygens (including phenoxy) is 1. The predicted octanol–water partition coefficient (Wildman–Crippen LogP) is 3.57. The van der Waals surface area contributed by atoms with Gasteiger partial charge in [0.1, 0.15) is 11.6 Å². The molecule has 0 spiro atoms. The number of unbranched alkanes of at least 4 members (excludes halogenated alkanes) is 1. The Labute approximate surface area is 178 Å². The summed E-state index contributed by atoms with van der Waals surface area (Å²) in [7, 11) is 1.71. The molecule has 6 heteroatoms. The average Bonchev–Trinajstić information content (AvgIpc) is 2.79. The molecule has 3 rings (SSSR count). The van der Waals surface area contributed by atoms with Crippen molar-refractivity contribution in [2.75, 3.05) is 51.3 Å². The fraction of sp³-hybridized carbons (Fsp3) is 0.375. The number of amides is 1. The first-order valence-corrected chi connectivity index (χ1v) is 10.5. The number of methoxy groups -OCH3 is 1. The van der Waals surface area contributed by atoms with E-state index in [0.29, 0.717) is 6.54 Å². The summed E-state index contributed by atoms with van der Waals surface area (Å²) in [5, 5.41) is 2.90. The van der Waals surface area contributed by atoms with Gasteiger partial charge in [0.2, 0.25) is 5.91 Å². The van der Waals surface area contributed by atoms with Crippen LogP contribution in [-0.4, -0.2) is 57.2 Å². The molecule has 1 aliphatic heterocycles. The molecule has 0 unspecified atom stereocenters. The molecule has 1 amide bonds. The molecule has 0 atom stereocenters. The summed E-state index contributed by atoms with van der Waals surface area (Å²) in [6, 6.07) is 14.2. The fourth-order valence-electron chi connectivity index (χ4n) is 3.58. The third kappa shape index (κ3) is 6.59. The summed E-state index contributed by atoms with van der Waals surface area (Å²) < 4.78 is 18.3. The van der Waals surface area contributed by atoms with Crippen molar-refractivity contribution >= 4 is 17.7 Å². The van der Waals surface area contributed by atoms with Crippen molar-refractivity contribution in [3.05, 3.63) is 66.0 Å². The summed E-state index contributed by atoms with van der Waals surface area (Å²) in [5.41, 5.74) is 1.97. The van der Waals surface area contributed by atoms with Crippen LogP contribution in [0.1, 0.15) is 18.4 Å². The highest BCUT2D eigenvalue weighted by Gasteiger charge is 2.18. The minimum atomic E-state index is -0.280. The molecular weight excluding hydrogens is 380 g/mol. The molecule has 0 bridgehead atoms. The molecule has 1 heterocycles. The van der Waals surface area contributed by atoms with Crippen LogP contribution in [0.5, 0.6) is 5.75 Å². The minimum absolute atomic E-state index is 0.121. The first-order chi connectivity index (χ1) is 14.7. The van der Waals surface area contributed by atoms with Crippen molar-refractivity contribution in [3.8, 4) is 5.75 Å². The van der Waals surface area contributed by atoms with Crippen LogP contribution < -0.4 is 15.0 Å². The normalized spacial score (nSPS) is 14.8. The number of hydrogen-bond donors (Lipinski definition) is 1. The van der Waals surface area contributed by atoms with Crippen LogP contribution in [0.2, 0.25) is 0 Å². The van der Waals surface area contributed by atoms with E-state index in [0.717, 1.165) is 62.6 Å². The fourth-order valence-corrected chi connectivity index (χ4v) is 3.58. The van der Waals surface area contributed by atoms with Crippen molar-refractivity contribution in [3.63, 3.8) is 0 Å². The van der Waals surface area contributed by atoms with E-state index in [1.807, 2.05) is 18.2 Å². The number of para-hydroxylation sites is 2. The number of nitrogens with zero attached hydrogens (tertiary/aromatic N) is 2. The highest BCUT2D eigenvalue weighted by molar-refractivity contribution is 5.91. The maximum absolute atomic E-state index is 12.9. The number of halogens is 1. The molecule has 1 fully saturated rings. The summed E-state index contributed by atoms with van der Waals surface area (Å²) in [5.74, 6) is 0.526. The van der Waals surface area contributed by atoms with Crippen LogP contribution in [-0.2, 0) is 4.79 Å². The molecule has 1 saturated heterocycles. The Balaban J connectivity index is 1.29. The lowest BCUT2D eigenvalue weighted by Crippen LogP contribution is -2.46. The quantitative estimate of drug-likeness (QED) is 0.507. The van der Waals surface area contributed by atoms with Crippen LogP contribution in [0, 0.1) is 5.82 Å². The lowest BCUT2D eigenvalue weighted by atomic mass is 10.2. The molecule has 2 aromatic carbocycles. The van der Waals surface area contributed by atoms with Crippen LogP contribution in [0.25, 0.3) is 6.08 Å². The molecule has 1 aliphatic rings. The van der Waals surface area contributed by atoms with E-state index < -0.39 is 0 Å². The van der Waals surface area contributed by atoms with E-state index >= 15 is 0 Å². The third-order valence-electron chi connectivity index (χ3n) is 5.30. The summed E-state index contributed by atoms with van der Waals surface area (Å²) in [6.07, 6.45) is 5.18. The standard InChI is InChI=1S/C24H30FN3O2/c1-30-23-7-3-2-6-22(23)28-18-16-27(17-19-28)15-5-4-14-26-24(29)13-10-20-8-11-21(25)12-9-20/h2-3,6-13H,4-5,14-19H2,1H3,(H,26,29)/b13-10+/i25-1. The SMILES string of the molecule is COc1ccccc1N1CCN(CCCCNC(=O)/C=C/c2ccc([18F])cc2)CC1. The zero-order valence-corrected chi connectivity index (χ0v) is 17.5. The van der Waals surface area contributed by atoms with Crippen LogP contribution >= 0.6 is 0 Å². The second-order valence-electron chi connectivity index (χ2n) is 7.38. The van der Waals surface area contributed by atoms with Crippen LogP contribution in [0.3, 0.4) is 0 Å². The number of carbonyl (C=O) groups excluding carboxylic acids is 1. The number of piperazine rings is 1. The molecule has 1 N–H and O–H groups in total. The first kappa shape index (κ1) is 21.8. The van der Waals surface area contributed by atoms with Gasteiger partial charge in [-0.15, -0.1) is 0 Å². The van der Waals surface area contributed by atoms with Crippen LogP contribution in [0.4, 0.5) is 10.1 Å². The molecule has 2 aromatic rings. The van der Waals surface area contributed by atoms with E-state index in [1.165, 1.54) is 18.2 Å². The maximum atomic E-state index is 12.9. The van der Waals surface area contributed by atoms with Gasteiger partial charge in [0.05, 0.1) is 12.8 Å². The zero-order chi connectivity index (χ0) is 21.2. The second kappa shape index (κ2) is 11.4. The number of carbonyl (C=O) groups is 1. The molecule has 0 saturated carbocycles. The van der Waals surface area contributed by atoms with Gasteiger partial charge in [0.25, 0.3) is 0 Å². The number of rotatable bonds is 9. The van der Waals surface area contributed by atoms with Crippen molar-refractivity contribution < 1.29 is 13.9 Å². The van der Waals surface area contributed by atoms with E-state index in [9.17, 15) is 9.18 Å². The minimum Gasteiger partial charge on any atom is -0.495 e. The number of hydrogen-bond acceptors (Lipinski definition) is 4. The Bertz CT molecular complexity index is 831. The Morgan fingerprint density at radius 3 is 2.53 bits per heavy atom. The van der Waals surface area contributed by atoms with E-state index in [1.54, 1.807) is 25.3 Å². The second-order valence-corrected chi connectivity index (χ2v) is 7.38. The molecule has 0 aliphatic carbocycles. The van der Waals surface area contributed by atoms with Gasteiger partial charge in [-0.1, -0.05) is 24.3 Å². The van der Waals surface area contributed by atoms with Gasteiger partial charge in [0, 0.05) is 38.8 Å². The molecule has 30 heavy (non-hydrogen) atoms. The van der Waals surface area contributed by atoms with Gasteiger partial charge in [-0.2, -0.15) is 0 Å².